The Morgan fingerprint density at radius 2 is 2.36 bits per heavy atom. The summed E-state index contributed by atoms with van der Waals surface area (Å²) in [6.45, 7) is 3.98. The maximum atomic E-state index is 9.79. The Hall–Kier alpha value is -0.130. The van der Waals surface area contributed by atoms with Gasteiger partial charge in [0.2, 0.25) is 0 Å². The zero-order valence-electron chi connectivity index (χ0n) is 7.05. The van der Waals surface area contributed by atoms with Crippen LogP contribution < -0.4 is 0 Å². The molecule has 11 heavy (non-hydrogen) atoms. The van der Waals surface area contributed by atoms with E-state index < -0.39 is 5.60 Å². The zero-order chi connectivity index (χ0) is 8.32. The van der Waals surface area contributed by atoms with E-state index in [1.165, 1.54) is 0 Å². The van der Waals surface area contributed by atoms with Crippen molar-refractivity contribution in [3.8, 4) is 11.8 Å². The molecule has 0 aromatic rings. The molecular weight excluding hydrogens is 156 g/mol. The van der Waals surface area contributed by atoms with Gasteiger partial charge in [0.15, 0.2) is 0 Å². The summed E-state index contributed by atoms with van der Waals surface area (Å²) in [4.78, 5) is 0. The van der Waals surface area contributed by atoms with Crippen LogP contribution in [0.25, 0.3) is 0 Å². The highest BCUT2D eigenvalue weighted by Gasteiger charge is 2.29. The molecule has 0 bridgehead atoms. The quantitative estimate of drug-likeness (QED) is 0.558. The predicted octanol–water partition coefficient (Wildman–Crippen LogP) is 1.66. The van der Waals surface area contributed by atoms with Crippen molar-refractivity contribution in [1.29, 1.82) is 0 Å². The van der Waals surface area contributed by atoms with Gasteiger partial charge < -0.3 is 5.11 Å². The van der Waals surface area contributed by atoms with Gasteiger partial charge in [0.1, 0.15) is 5.60 Å². The van der Waals surface area contributed by atoms with Crippen molar-refractivity contribution in [2.75, 3.05) is 5.75 Å². The second-order valence-corrected chi connectivity index (χ2v) is 4.49. The van der Waals surface area contributed by atoms with Gasteiger partial charge in [0.25, 0.3) is 0 Å². The van der Waals surface area contributed by atoms with Crippen LogP contribution in [0.2, 0.25) is 0 Å². The van der Waals surface area contributed by atoms with Gasteiger partial charge in [-0.3, -0.25) is 0 Å². The molecule has 2 heteroatoms. The molecule has 0 saturated carbocycles. The van der Waals surface area contributed by atoms with E-state index in [0.29, 0.717) is 5.25 Å². The molecule has 0 aromatic carbocycles. The van der Waals surface area contributed by atoms with Crippen LogP contribution in [-0.2, 0) is 0 Å². The summed E-state index contributed by atoms with van der Waals surface area (Å²) in [6.07, 6.45) is 1.91. The van der Waals surface area contributed by atoms with E-state index in [2.05, 4.69) is 18.8 Å². The van der Waals surface area contributed by atoms with E-state index >= 15 is 0 Å². The van der Waals surface area contributed by atoms with E-state index in [-0.39, 0.29) is 0 Å². The number of hydrogen-bond donors (Lipinski definition) is 1. The van der Waals surface area contributed by atoms with Gasteiger partial charge in [0, 0.05) is 11.0 Å². The minimum Gasteiger partial charge on any atom is -0.377 e. The van der Waals surface area contributed by atoms with Gasteiger partial charge in [-0.2, -0.15) is 11.8 Å². The molecule has 1 heterocycles. The highest BCUT2D eigenvalue weighted by atomic mass is 32.2. The fourth-order valence-electron chi connectivity index (χ4n) is 1.21. The Morgan fingerprint density at radius 1 is 1.64 bits per heavy atom. The van der Waals surface area contributed by atoms with Crippen LogP contribution >= 0.6 is 11.8 Å². The lowest BCUT2D eigenvalue weighted by molar-refractivity contribution is 0.111. The number of hydrogen-bond acceptors (Lipinski definition) is 2. The number of rotatable bonds is 0. The molecule has 2 atom stereocenters. The van der Waals surface area contributed by atoms with Crippen molar-refractivity contribution >= 4 is 11.8 Å². The smallest absolute Gasteiger partial charge is 0.134 e. The summed E-state index contributed by atoms with van der Waals surface area (Å²) in [5.74, 6) is 6.42. The molecule has 62 valence electrons. The lowest BCUT2D eigenvalue weighted by atomic mass is 9.99. The van der Waals surface area contributed by atoms with Crippen molar-refractivity contribution < 1.29 is 5.11 Å². The lowest BCUT2D eigenvalue weighted by Crippen LogP contribution is -2.34. The molecule has 0 radical (unpaired) electrons. The largest absolute Gasteiger partial charge is 0.377 e. The average Bonchev–Trinajstić information content (AvgIpc) is 1.97. The van der Waals surface area contributed by atoms with Crippen LogP contribution in [0.1, 0.15) is 26.7 Å². The third-order valence-electron chi connectivity index (χ3n) is 1.93. The third-order valence-corrected chi connectivity index (χ3v) is 3.38. The topological polar surface area (TPSA) is 20.2 Å². The maximum Gasteiger partial charge on any atom is 0.134 e. The van der Waals surface area contributed by atoms with Crippen LogP contribution in [0, 0.1) is 11.8 Å². The SMILES string of the molecule is CC#CC1(O)CCC(C)SC1. The molecule has 1 nitrogen and oxygen atoms in total. The third kappa shape index (κ3) is 2.43. The van der Waals surface area contributed by atoms with E-state index in [9.17, 15) is 5.11 Å². The number of thioether (sulfide) groups is 1. The summed E-state index contributed by atoms with van der Waals surface area (Å²) < 4.78 is 0. The predicted molar refractivity (Wildman–Crippen MR) is 49.6 cm³/mol. The molecule has 1 N–H and O–H groups in total. The zero-order valence-corrected chi connectivity index (χ0v) is 7.87. The maximum absolute atomic E-state index is 9.79. The first-order valence-electron chi connectivity index (χ1n) is 3.94. The second kappa shape index (κ2) is 3.51. The van der Waals surface area contributed by atoms with Gasteiger partial charge in [-0.15, -0.1) is 5.92 Å². The summed E-state index contributed by atoms with van der Waals surface area (Å²) in [6, 6.07) is 0. The molecule has 1 aliphatic heterocycles. The summed E-state index contributed by atoms with van der Waals surface area (Å²) in [5, 5.41) is 10.5. The Bertz CT molecular complexity index is 181. The van der Waals surface area contributed by atoms with Crippen molar-refractivity contribution in [3.05, 3.63) is 0 Å². The molecule has 0 amide bonds. The minimum atomic E-state index is -0.689. The first-order chi connectivity index (χ1) is 5.16. The summed E-state index contributed by atoms with van der Waals surface area (Å²) in [5.41, 5.74) is -0.689. The molecule has 0 aliphatic carbocycles. The molecule has 0 spiro atoms. The monoisotopic (exact) mass is 170 g/mol. The summed E-state index contributed by atoms with van der Waals surface area (Å²) >= 11 is 1.81. The Balaban J connectivity index is 2.52. The Labute approximate surface area is 72.6 Å². The van der Waals surface area contributed by atoms with Crippen LogP contribution in [-0.4, -0.2) is 21.7 Å². The Morgan fingerprint density at radius 3 is 2.82 bits per heavy atom. The van der Waals surface area contributed by atoms with E-state index in [1.54, 1.807) is 6.92 Å². The van der Waals surface area contributed by atoms with Crippen LogP contribution in [0.5, 0.6) is 0 Å². The molecule has 1 aliphatic rings. The molecule has 2 unspecified atom stereocenters. The van der Waals surface area contributed by atoms with Gasteiger partial charge in [-0.25, -0.2) is 0 Å². The molecule has 1 fully saturated rings. The van der Waals surface area contributed by atoms with Gasteiger partial charge in [-0.1, -0.05) is 12.8 Å². The molecule has 0 aromatic heterocycles. The Kier molecular flexibility index (Phi) is 2.86. The van der Waals surface area contributed by atoms with Crippen LogP contribution in [0.15, 0.2) is 0 Å². The fraction of sp³-hybridized carbons (Fsp3) is 0.778. The van der Waals surface area contributed by atoms with Crippen molar-refractivity contribution in [2.24, 2.45) is 0 Å². The highest BCUT2D eigenvalue weighted by molar-refractivity contribution is 8.00. The van der Waals surface area contributed by atoms with E-state index in [0.717, 1.165) is 18.6 Å². The van der Waals surface area contributed by atoms with Crippen molar-refractivity contribution in [1.82, 2.24) is 0 Å². The minimum absolute atomic E-state index is 0.689. The van der Waals surface area contributed by atoms with Crippen molar-refractivity contribution in [2.45, 2.75) is 37.5 Å². The normalized spacial score (nSPS) is 37.5. The van der Waals surface area contributed by atoms with Gasteiger partial charge in [0.05, 0.1) is 0 Å². The fourth-order valence-corrected chi connectivity index (χ4v) is 2.27. The number of aliphatic hydroxyl groups is 1. The van der Waals surface area contributed by atoms with Gasteiger partial charge in [-0.05, 0) is 19.8 Å². The molecular formula is C9H14OS. The highest BCUT2D eigenvalue weighted by Crippen LogP contribution is 2.31. The first-order valence-corrected chi connectivity index (χ1v) is 4.99. The second-order valence-electron chi connectivity index (χ2n) is 3.07. The van der Waals surface area contributed by atoms with E-state index in [4.69, 9.17) is 0 Å². The van der Waals surface area contributed by atoms with Crippen molar-refractivity contribution in [3.63, 3.8) is 0 Å². The van der Waals surface area contributed by atoms with Gasteiger partial charge >= 0.3 is 0 Å². The standard InChI is InChI=1S/C9H14OS/c1-3-5-9(10)6-4-8(2)11-7-9/h8,10H,4,6-7H2,1-2H3. The molecule has 1 rings (SSSR count). The summed E-state index contributed by atoms with van der Waals surface area (Å²) in [7, 11) is 0. The molecule has 1 saturated heterocycles. The van der Waals surface area contributed by atoms with Crippen LogP contribution in [0.4, 0.5) is 0 Å². The van der Waals surface area contributed by atoms with E-state index in [1.807, 2.05) is 11.8 Å². The lowest BCUT2D eigenvalue weighted by Gasteiger charge is -2.29. The van der Waals surface area contributed by atoms with Crippen LogP contribution in [0.3, 0.4) is 0 Å². The average molecular weight is 170 g/mol. The first kappa shape index (κ1) is 8.96.